The Hall–Kier alpha value is -1.15. The van der Waals surface area contributed by atoms with Gasteiger partial charge in [-0.25, -0.2) is 0 Å². The number of rotatable bonds is 5. The van der Waals surface area contributed by atoms with Crippen LogP contribution >= 0.6 is 31.9 Å². The van der Waals surface area contributed by atoms with Gasteiger partial charge in [0.2, 0.25) is 0 Å². The Labute approximate surface area is 113 Å². The van der Waals surface area contributed by atoms with Crippen LogP contribution in [0.4, 0.5) is 5.69 Å². The van der Waals surface area contributed by atoms with Gasteiger partial charge in [-0.3, -0.25) is 14.9 Å². The van der Waals surface area contributed by atoms with Crippen LogP contribution in [0.15, 0.2) is 21.1 Å². The van der Waals surface area contributed by atoms with Gasteiger partial charge < -0.3 is 9.84 Å². The van der Waals surface area contributed by atoms with E-state index >= 15 is 0 Å². The summed E-state index contributed by atoms with van der Waals surface area (Å²) in [6.45, 7) is -0.00958. The van der Waals surface area contributed by atoms with Crippen molar-refractivity contribution in [1.29, 1.82) is 0 Å². The molecule has 0 bridgehead atoms. The third kappa shape index (κ3) is 3.97. The van der Waals surface area contributed by atoms with Crippen LogP contribution < -0.4 is 4.74 Å². The minimum absolute atomic E-state index is 0.00958. The average Bonchev–Trinajstić information content (AvgIpc) is 2.21. The Morgan fingerprint density at radius 1 is 1.41 bits per heavy atom. The smallest absolute Gasteiger partial charge is 0.306 e. The fraction of sp³-hybridized carbons (Fsp3) is 0.222. The normalized spacial score (nSPS) is 10.0. The van der Waals surface area contributed by atoms with Crippen LogP contribution in [-0.4, -0.2) is 22.6 Å². The molecule has 0 heterocycles. The molecule has 1 aromatic rings. The number of carboxylic acid groups (broad SMARTS) is 1. The molecule has 6 nitrogen and oxygen atoms in total. The van der Waals surface area contributed by atoms with Gasteiger partial charge in [0.05, 0.1) is 26.9 Å². The number of benzene rings is 1. The van der Waals surface area contributed by atoms with Crippen molar-refractivity contribution in [2.24, 2.45) is 0 Å². The molecule has 0 spiro atoms. The van der Waals surface area contributed by atoms with Crippen molar-refractivity contribution in [3.8, 4) is 5.75 Å². The molecule has 0 aliphatic rings. The van der Waals surface area contributed by atoms with Crippen molar-refractivity contribution in [3.05, 3.63) is 31.2 Å². The molecule has 0 radical (unpaired) electrons. The highest BCUT2D eigenvalue weighted by atomic mass is 79.9. The Morgan fingerprint density at radius 3 is 2.35 bits per heavy atom. The number of nitrogens with zero attached hydrogens (tertiary/aromatic N) is 1. The van der Waals surface area contributed by atoms with E-state index in [2.05, 4.69) is 31.9 Å². The van der Waals surface area contributed by atoms with Crippen LogP contribution in [0, 0.1) is 10.1 Å². The average molecular weight is 369 g/mol. The van der Waals surface area contributed by atoms with Crippen LogP contribution in [0.1, 0.15) is 6.42 Å². The summed E-state index contributed by atoms with van der Waals surface area (Å²) in [6.07, 6.45) is -0.143. The van der Waals surface area contributed by atoms with Gasteiger partial charge in [-0.05, 0) is 31.9 Å². The fourth-order valence-electron chi connectivity index (χ4n) is 1.03. The van der Waals surface area contributed by atoms with Crippen molar-refractivity contribution in [1.82, 2.24) is 0 Å². The molecule has 1 aromatic carbocycles. The molecule has 8 heteroatoms. The second kappa shape index (κ2) is 5.97. The lowest BCUT2D eigenvalue weighted by Crippen LogP contribution is -2.05. The molecule has 0 unspecified atom stereocenters. The summed E-state index contributed by atoms with van der Waals surface area (Å²) in [6, 6.07) is 2.59. The summed E-state index contributed by atoms with van der Waals surface area (Å²) in [5, 5.41) is 19.0. The maximum atomic E-state index is 10.6. The molecule has 1 rings (SSSR count). The number of ether oxygens (including phenoxy) is 1. The first-order chi connectivity index (χ1) is 7.91. The number of carbonyl (C=O) groups is 1. The lowest BCUT2D eigenvalue weighted by atomic mass is 10.3. The SMILES string of the molecule is O=C(O)CCOc1c(Br)cc([N+](=O)[O-])cc1Br. The molecular formula is C9H7Br2NO5. The van der Waals surface area contributed by atoms with E-state index in [-0.39, 0.29) is 18.7 Å². The Bertz CT molecular complexity index is 440. The van der Waals surface area contributed by atoms with E-state index in [1.807, 2.05) is 0 Å². The van der Waals surface area contributed by atoms with Crippen molar-refractivity contribution in [3.63, 3.8) is 0 Å². The third-order valence-electron chi connectivity index (χ3n) is 1.76. The zero-order valence-corrected chi connectivity index (χ0v) is 11.5. The van der Waals surface area contributed by atoms with Crippen LogP contribution in [0.2, 0.25) is 0 Å². The highest BCUT2D eigenvalue weighted by Gasteiger charge is 2.15. The van der Waals surface area contributed by atoms with Crippen LogP contribution in [-0.2, 0) is 4.79 Å². The van der Waals surface area contributed by atoms with E-state index in [0.29, 0.717) is 14.7 Å². The second-order valence-electron chi connectivity index (χ2n) is 2.99. The van der Waals surface area contributed by atoms with Crippen molar-refractivity contribution >= 4 is 43.5 Å². The summed E-state index contributed by atoms with van der Waals surface area (Å²) >= 11 is 6.25. The molecule has 0 atom stereocenters. The van der Waals surface area contributed by atoms with Crippen molar-refractivity contribution in [2.45, 2.75) is 6.42 Å². The third-order valence-corrected chi connectivity index (χ3v) is 2.93. The number of hydrogen-bond donors (Lipinski definition) is 1. The first-order valence-electron chi connectivity index (χ1n) is 4.40. The van der Waals surface area contributed by atoms with E-state index in [0.717, 1.165) is 0 Å². The highest BCUT2D eigenvalue weighted by Crippen LogP contribution is 2.37. The van der Waals surface area contributed by atoms with E-state index in [1.165, 1.54) is 12.1 Å². The minimum atomic E-state index is -0.973. The largest absolute Gasteiger partial charge is 0.491 e. The van der Waals surface area contributed by atoms with E-state index < -0.39 is 10.9 Å². The summed E-state index contributed by atoms with van der Waals surface area (Å²) in [5.74, 6) is -0.629. The van der Waals surface area contributed by atoms with Gasteiger partial charge in [-0.2, -0.15) is 0 Å². The molecule has 1 N–H and O–H groups in total. The minimum Gasteiger partial charge on any atom is -0.491 e. The Balaban J connectivity index is 2.86. The van der Waals surface area contributed by atoms with Gasteiger partial charge in [0.15, 0.2) is 0 Å². The lowest BCUT2D eigenvalue weighted by molar-refractivity contribution is -0.385. The fourth-order valence-corrected chi connectivity index (χ4v) is 2.42. The molecule has 0 aliphatic heterocycles. The standard InChI is InChI=1S/C9H7Br2NO5/c10-6-3-5(12(15)16)4-7(11)9(6)17-2-1-8(13)14/h3-4H,1-2H2,(H,13,14). The Kier molecular flexibility index (Phi) is 4.88. The summed E-state index contributed by atoms with van der Waals surface area (Å²) in [4.78, 5) is 20.3. The number of non-ortho nitro benzene ring substituents is 1. The molecule has 17 heavy (non-hydrogen) atoms. The molecule has 0 saturated carbocycles. The van der Waals surface area contributed by atoms with Crippen molar-refractivity contribution in [2.75, 3.05) is 6.61 Å². The molecule has 0 aliphatic carbocycles. The molecule has 0 aromatic heterocycles. The van der Waals surface area contributed by atoms with E-state index in [1.54, 1.807) is 0 Å². The van der Waals surface area contributed by atoms with Gasteiger partial charge in [-0.15, -0.1) is 0 Å². The predicted molar refractivity (Wildman–Crippen MR) is 66.2 cm³/mol. The summed E-state index contributed by atoms with van der Waals surface area (Å²) in [7, 11) is 0. The number of halogens is 2. The second-order valence-corrected chi connectivity index (χ2v) is 4.70. The van der Waals surface area contributed by atoms with E-state index in [9.17, 15) is 14.9 Å². The number of nitro benzene ring substituents is 1. The van der Waals surface area contributed by atoms with Gasteiger partial charge in [0.1, 0.15) is 5.75 Å². The quantitative estimate of drug-likeness (QED) is 0.637. The summed E-state index contributed by atoms with van der Waals surface area (Å²) < 4.78 is 6.00. The van der Waals surface area contributed by atoms with Gasteiger partial charge in [0, 0.05) is 12.1 Å². The lowest BCUT2D eigenvalue weighted by Gasteiger charge is -2.08. The van der Waals surface area contributed by atoms with E-state index in [4.69, 9.17) is 9.84 Å². The first kappa shape index (κ1) is 13.9. The molecular weight excluding hydrogens is 362 g/mol. The Morgan fingerprint density at radius 2 is 1.94 bits per heavy atom. The zero-order chi connectivity index (χ0) is 13.0. The van der Waals surface area contributed by atoms with Crippen LogP contribution in [0.25, 0.3) is 0 Å². The highest BCUT2D eigenvalue weighted by molar-refractivity contribution is 9.11. The molecule has 92 valence electrons. The van der Waals surface area contributed by atoms with Crippen LogP contribution in [0.5, 0.6) is 5.75 Å². The topological polar surface area (TPSA) is 89.7 Å². The van der Waals surface area contributed by atoms with Gasteiger partial charge >= 0.3 is 5.97 Å². The number of carboxylic acids is 1. The monoisotopic (exact) mass is 367 g/mol. The molecule has 0 fully saturated rings. The maximum absolute atomic E-state index is 10.6. The van der Waals surface area contributed by atoms with Crippen molar-refractivity contribution < 1.29 is 19.6 Å². The number of hydrogen-bond acceptors (Lipinski definition) is 4. The summed E-state index contributed by atoms with van der Waals surface area (Å²) in [5.41, 5.74) is -0.0886. The first-order valence-corrected chi connectivity index (χ1v) is 5.98. The zero-order valence-electron chi connectivity index (χ0n) is 8.35. The van der Waals surface area contributed by atoms with Crippen LogP contribution in [0.3, 0.4) is 0 Å². The maximum Gasteiger partial charge on any atom is 0.306 e. The van der Waals surface area contributed by atoms with Gasteiger partial charge in [0.25, 0.3) is 5.69 Å². The number of aliphatic carboxylic acids is 1. The van der Waals surface area contributed by atoms with Gasteiger partial charge in [-0.1, -0.05) is 0 Å². The molecule has 0 amide bonds. The number of nitro groups is 1. The molecule has 0 saturated heterocycles. The predicted octanol–water partition coefficient (Wildman–Crippen LogP) is 2.97.